The second kappa shape index (κ2) is 10.3. The summed E-state index contributed by atoms with van der Waals surface area (Å²) in [7, 11) is 0. The zero-order valence-corrected chi connectivity index (χ0v) is 20.7. The van der Waals surface area contributed by atoms with E-state index in [0.717, 1.165) is 11.3 Å². The van der Waals surface area contributed by atoms with Gasteiger partial charge in [0.1, 0.15) is 17.8 Å². The number of urea groups is 1. The molecule has 0 unspecified atom stereocenters. The molecule has 2 N–H and O–H groups in total. The number of carbonyl (C=O) groups is 2. The number of amides is 2. The Balaban J connectivity index is 1.37. The number of piperidine rings is 1. The third kappa shape index (κ3) is 5.94. The molecule has 190 valence electrons. The Hall–Kier alpha value is -4.08. The molecule has 1 aliphatic heterocycles. The van der Waals surface area contributed by atoms with Crippen molar-refractivity contribution in [2.45, 2.75) is 51.8 Å². The number of esters is 1. The van der Waals surface area contributed by atoms with Crippen LogP contribution in [0, 0.1) is 0 Å². The van der Waals surface area contributed by atoms with Gasteiger partial charge in [-0.2, -0.15) is 0 Å². The number of hydrogen-bond donors (Lipinski definition) is 2. The largest absolute Gasteiger partial charge is 0.459 e. The summed E-state index contributed by atoms with van der Waals surface area (Å²) in [6, 6.07) is 12.3. The average Bonchev–Trinajstić information content (AvgIpc) is 3.22. The molecule has 0 atom stereocenters. The van der Waals surface area contributed by atoms with Gasteiger partial charge in [-0.25, -0.2) is 9.59 Å². The number of benzene rings is 1. The number of anilines is 1. The number of likely N-dealkylation sites (tertiary alicyclic amines) is 1. The lowest BCUT2D eigenvalue weighted by Crippen LogP contribution is -2.43. The van der Waals surface area contributed by atoms with E-state index >= 15 is 0 Å². The highest BCUT2D eigenvalue weighted by Crippen LogP contribution is 2.24. The van der Waals surface area contributed by atoms with Gasteiger partial charge in [0.25, 0.3) is 5.56 Å². The van der Waals surface area contributed by atoms with Crippen LogP contribution in [0.5, 0.6) is 0 Å². The Morgan fingerprint density at radius 3 is 2.42 bits per heavy atom. The fraction of sp³-hybridized carbons (Fsp3) is 0.385. The fourth-order valence-corrected chi connectivity index (χ4v) is 4.26. The van der Waals surface area contributed by atoms with Crippen molar-refractivity contribution in [3.8, 4) is 11.3 Å². The molecule has 1 saturated heterocycles. The average molecular weight is 494 g/mol. The van der Waals surface area contributed by atoms with Gasteiger partial charge in [-0.1, -0.05) is 30.3 Å². The molecule has 2 aromatic heterocycles. The van der Waals surface area contributed by atoms with Crippen molar-refractivity contribution in [2.75, 3.05) is 18.4 Å². The molecule has 0 bridgehead atoms. The number of pyridine rings is 1. The number of H-pyrrole nitrogens is 1. The van der Waals surface area contributed by atoms with E-state index in [0.29, 0.717) is 25.9 Å². The number of rotatable bonds is 5. The predicted molar refractivity (Wildman–Crippen MR) is 136 cm³/mol. The molecule has 1 aliphatic rings. The molecule has 0 spiro atoms. The maximum absolute atomic E-state index is 12.8. The number of aromatic nitrogens is 3. The van der Waals surface area contributed by atoms with Gasteiger partial charge in [0.2, 0.25) is 0 Å². The van der Waals surface area contributed by atoms with E-state index in [1.165, 1.54) is 16.8 Å². The number of carbonyl (C=O) groups excluding carboxylic acids is 2. The summed E-state index contributed by atoms with van der Waals surface area (Å²) in [5, 5.41) is 2.66. The first-order valence-electron chi connectivity index (χ1n) is 11.9. The number of nitrogens with one attached hydrogen (secondary N) is 2. The fourth-order valence-electron chi connectivity index (χ4n) is 4.26. The van der Waals surface area contributed by atoms with Crippen molar-refractivity contribution < 1.29 is 14.3 Å². The lowest BCUT2D eigenvalue weighted by molar-refractivity contribution is -0.155. The molecule has 0 radical (unpaired) electrons. The van der Waals surface area contributed by atoms with Crippen molar-refractivity contribution in [3.63, 3.8) is 0 Å². The van der Waals surface area contributed by atoms with Crippen molar-refractivity contribution in [3.05, 3.63) is 75.7 Å². The number of imidazole rings is 1. The highest BCUT2D eigenvalue weighted by atomic mass is 16.6. The summed E-state index contributed by atoms with van der Waals surface area (Å²) in [6.07, 6.45) is 4.52. The molecular weight excluding hydrogens is 462 g/mol. The van der Waals surface area contributed by atoms with E-state index in [2.05, 4.69) is 10.3 Å². The number of nitrogens with zero attached hydrogens (tertiary/aromatic N) is 3. The van der Waals surface area contributed by atoms with Crippen LogP contribution in [0.1, 0.15) is 39.7 Å². The summed E-state index contributed by atoms with van der Waals surface area (Å²) >= 11 is 0. The topological polar surface area (TPSA) is 118 Å². The van der Waals surface area contributed by atoms with Crippen LogP contribution in [-0.2, 0) is 16.1 Å². The van der Waals surface area contributed by atoms with Crippen molar-refractivity contribution >= 4 is 17.7 Å². The Morgan fingerprint density at radius 1 is 1.06 bits per heavy atom. The van der Waals surface area contributed by atoms with E-state index in [9.17, 15) is 19.2 Å². The second-order valence-corrected chi connectivity index (χ2v) is 9.84. The molecular formula is C26H31N5O5. The molecule has 3 aromatic rings. The Kier molecular flexibility index (Phi) is 7.14. The van der Waals surface area contributed by atoms with Crippen LogP contribution in [0.3, 0.4) is 0 Å². The molecule has 36 heavy (non-hydrogen) atoms. The van der Waals surface area contributed by atoms with E-state index in [-0.39, 0.29) is 24.0 Å². The molecule has 0 aliphatic carbocycles. The molecule has 2 amide bonds. The number of hydrogen-bond acceptors (Lipinski definition) is 5. The first-order valence-corrected chi connectivity index (χ1v) is 11.9. The van der Waals surface area contributed by atoms with Gasteiger partial charge in [0, 0.05) is 31.5 Å². The molecule has 10 heteroatoms. The maximum atomic E-state index is 12.8. The van der Waals surface area contributed by atoms with Gasteiger partial charge in [0.15, 0.2) is 0 Å². The van der Waals surface area contributed by atoms with Crippen LogP contribution in [0.25, 0.3) is 11.3 Å². The minimum absolute atomic E-state index is 0.0296. The Morgan fingerprint density at radius 2 is 1.75 bits per heavy atom. The minimum atomic E-state index is -0.659. The maximum Gasteiger partial charge on any atom is 0.326 e. The van der Waals surface area contributed by atoms with Gasteiger partial charge in [0.05, 0.1) is 5.69 Å². The van der Waals surface area contributed by atoms with E-state index < -0.39 is 23.2 Å². The first kappa shape index (κ1) is 25.0. The Labute approximate surface area is 208 Å². The monoisotopic (exact) mass is 493 g/mol. The third-order valence-corrected chi connectivity index (χ3v) is 5.96. The SMILES string of the molecule is CC(C)(C)OC(=O)Cn1cccc(NC(=O)N2CCC(n3cc(-c4ccccc4)[nH]c3=O)CC2)c1=O. The summed E-state index contributed by atoms with van der Waals surface area (Å²) < 4.78 is 8.18. The Bertz CT molecular complexity index is 1340. The molecule has 3 heterocycles. The summed E-state index contributed by atoms with van der Waals surface area (Å²) in [5.41, 5.74) is 0.457. The van der Waals surface area contributed by atoms with Crippen LogP contribution < -0.4 is 16.6 Å². The highest BCUT2D eigenvalue weighted by Gasteiger charge is 2.26. The molecule has 10 nitrogen and oxygen atoms in total. The van der Waals surface area contributed by atoms with Crippen LogP contribution in [0.15, 0.2) is 64.4 Å². The number of aromatic amines is 1. The zero-order chi connectivity index (χ0) is 25.9. The third-order valence-electron chi connectivity index (χ3n) is 5.96. The number of ether oxygens (including phenoxy) is 1. The van der Waals surface area contributed by atoms with Crippen LogP contribution in [0.2, 0.25) is 0 Å². The first-order chi connectivity index (χ1) is 17.1. The predicted octanol–water partition coefficient (Wildman–Crippen LogP) is 3.22. The van der Waals surface area contributed by atoms with Gasteiger partial charge >= 0.3 is 17.7 Å². The van der Waals surface area contributed by atoms with E-state index in [4.69, 9.17) is 4.74 Å². The summed E-state index contributed by atoms with van der Waals surface area (Å²) in [6.45, 7) is 5.88. The standard InChI is InChI=1S/C26H31N5O5/c1-26(2,3)36-22(32)17-30-13-7-10-20(23(30)33)27-24(34)29-14-11-19(12-15-29)31-16-21(28-25(31)35)18-8-5-4-6-9-18/h4-10,13,16,19H,11-12,14-15,17H2,1-3H3,(H,27,34)(H,28,35). The molecule has 4 rings (SSSR count). The van der Waals surface area contributed by atoms with Crippen molar-refractivity contribution in [1.82, 2.24) is 19.0 Å². The normalized spacial score (nSPS) is 14.5. The van der Waals surface area contributed by atoms with E-state index in [1.807, 2.05) is 36.5 Å². The molecule has 1 fully saturated rings. The van der Waals surface area contributed by atoms with Gasteiger partial charge in [-0.05, 0) is 51.3 Å². The smallest absolute Gasteiger partial charge is 0.326 e. The van der Waals surface area contributed by atoms with Crippen LogP contribution in [-0.4, -0.2) is 49.7 Å². The minimum Gasteiger partial charge on any atom is -0.459 e. The van der Waals surface area contributed by atoms with Gasteiger partial charge in [-0.15, -0.1) is 0 Å². The zero-order valence-electron chi connectivity index (χ0n) is 20.7. The van der Waals surface area contributed by atoms with Crippen LogP contribution in [0.4, 0.5) is 10.5 Å². The summed E-state index contributed by atoms with van der Waals surface area (Å²) in [5.74, 6) is -0.537. The van der Waals surface area contributed by atoms with Crippen molar-refractivity contribution in [2.24, 2.45) is 0 Å². The molecule has 1 aromatic carbocycles. The van der Waals surface area contributed by atoms with Gasteiger partial charge < -0.3 is 24.5 Å². The lowest BCUT2D eigenvalue weighted by Gasteiger charge is -2.32. The second-order valence-electron chi connectivity index (χ2n) is 9.84. The lowest BCUT2D eigenvalue weighted by atomic mass is 10.1. The highest BCUT2D eigenvalue weighted by molar-refractivity contribution is 5.89. The summed E-state index contributed by atoms with van der Waals surface area (Å²) in [4.78, 5) is 54.8. The quantitative estimate of drug-likeness (QED) is 0.529. The molecule has 0 saturated carbocycles. The van der Waals surface area contributed by atoms with Crippen molar-refractivity contribution in [1.29, 1.82) is 0 Å². The van der Waals surface area contributed by atoms with Crippen LogP contribution >= 0.6 is 0 Å². The van der Waals surface area contributed by atoms with E-state index in [1.54, 1.807) is 36.3 Å². The van der Waals surface area contributed by atoms with Gasteiger partial charge in [-0.3, -0.25) is 14.2 Å².